The van der Waals surface area contributed by atoms with E-state index in [1.807, 2.05) is 11.8 Å². The maximum atomic E-state index is 12.2. The molecule has 0 aromatic carbocycles. The Hall–Kier alpha value is -0.800. The molecule has 1 aliphatic heterocycles. The summed E-state index contributed by atoms with van der Waals surface area (Å²) in [5.74, 6) is -0.0562. The molecule has 1 saturated heterocycles. The van der Waals surface area contributed by atoms with Crippen LogP contribution in [0.4, 0.5) is 0 Å². The van der Waals surface area contributed by atoms with E-state index in [-0.39, 0.29) is 11.9 Å². The molecule has 0 N–H and O–H groups in total. The number of amides is 1. The molecule has 0 aliphatic carbocycles. The normalized spacial score (nSPS) is 20.2. The lowest BCUT2D eigenvalue weighted by atomic mass is 10.2. The fourth-order valence-electron chi connectivity index (χ4n) is 1.97. The molecule has 0 saturated carbocycles. The molecule has 1 amide bonds. The zero-order chi connectivity index (χ0) is 11.7. The van der Waals surface area contributed by atoms with Crippen LogP contribution in [0.15, 0.2) is 12.3 Å². The molecule has 2 rings (SSSR count). The van der Waals surface area contributed by atoms with Gasteiger partial charge in [-0.3, -0.25) is 4.79 Å². The fraction of sp³-hybridized carbons (Fsp3) is 0.455. The van der Waals surface area contributed by atoms with Gasteiger partial charge in [0.2, 0.25) is 0 Å². The summed E-state index contributed by atoms with van der Waals surface area (Å²) >= 11 is 11.7. The first-order valence-electron chi connectivity index (χ1n) is 5.21. The highest BCUT2D eigenvalue weighted by molar-refractivity contribution is 6.35. The molecule has 5 heteroatoms. The predicted molar refractivity (Wildman–Crippen MR) is 64.0 cm³/mol. The zero-order valence-corrected chi connectivity index (χ0v) is 10.4. The number of likely N-dealkylation sites (tertiary alicyclic amines) is 1. The second-order valence-corrected chi connectivity index (χ2v) is 4.77. The molecule has 3 nitrogen and oxygen atoms in total. The lowest BCUT2D eigenvalue weighted by Gasteiger charge is -2.21. The number of pyridine rings is 1. The van der Waals surface area contributed by atoms with Crippen molar-refractivity contribution in [1.29, 1.82) is 0 Å². The molecule has 1 aromatic heterocycles. The molecular weight excluding hydrogens is 247 g/mol. The third kappa shape index (κ3) is 2.15. The van der Waals surface area contributed by atoms with Gasteiger partial charge in [-0.15, -0.1) is 0 Å². The number of carbonyl (C=O) groups is 1. The van der Waals surface area contributed by atoms with E-state index in [9.17, 15) is 4.79 Å². The SMILES string of the molecule is CC1CCCN1C(=O)c1cc(Cl)ncc1Cl. The highest BCUT2D eigenvalue weighted by atomic mass is 35.5. The van der Waals surface area contributed by atoms with Gasteiger partial charge in [0.15, 0.2) is 0 Å². The van der Waals surface area contributed by atoms with E-state index in [0.29, 0.717) is 15.7 Å². The second-order valence-electron chi connectivity index (χ2n) is 3.98. The smallest absolute Gasteiger partial charge is 0.255 e. The van der Waals surface area contributed by atoms with Gasteiger partial charge in [-0.25, -0.2) is 4.98 Å². The molecule has 1 atom stereocenters. The highest BCUT2D eigenvalue weighted by Gasteiger charge is 2.27. The molecule has 86 valence electrons. The van der Waals surface area contributed by atoms with Crippen molar-refractivity contribution in [2.45, 2.75) is 25.8 Å². The largest absolute Gasteiger partial charge is 0.336 e. The minimum atomic E-state index is -0.0562. The van der Waals surface area contributed by atoms with Gasteiger partial charge in [0.05, 0.1) is 10.6 Å². The lowest BCUT2D eigenvalue weighted by molar-refractivity contribution is 0.0747. The van der Waals surface area contributed by atoms with Crippen molar-refractivity contribution in [3.8, 4) is 0 Å². The topological polar surface area (TPSA) is 33.2 Å². The first kappa shape index (κ1) is 11.7. The van der Waals surface area contributed by atoms with Gasteiger partial charge in [0.1, 0.15) is 5.15 Å². The van der Waals surface area contributed by atoms with Crippen molar-refractivity contribution in [1.82, 2.24) is 9.88 Å². The van der Waals surface area contributed by atoms with Crippen molar-refractivity contribution in [2.75, 3.05) is 6.54 Å². The molecule has 1 aliphatic rings. The number of aromatic nitrogens is 1. The second kappa shape index (κ2) is 4.60. The molecule has 0 spiro atoms. The number of rotatable bonds is 1. The maximum absolute atomic E-state index is 12.2. The van der Waals surface area contributed by atoms with E-state index >= 15 is 0 Å². The molecule has 1 fully saturated rings. The van der Waals surface area contributed by atoms with E-state index < -0.39 is 0 Å². The van der Waals surface area contributed by atoms with E-state index in [0.717, 1.165) is 19.4 Å². The van der Waals surface area contributed by atoms with Crippen molar-refractivity contribution in [3.05, 3.63) is 28.0 Å². The summed E-state index contributed by atoms with van der Waals surface area (Å²) < 4.78 is 0. The van der Waals surface area contributed by atoms with Crippen LogP contribution < -0.4 is 0 Å². The van der Waals surface area contributed by atoms with Gasteiger partial charge in [-0.05, 0) is 25.8 Å². The van der Waals surface area contributed by atoms with Crippen LogP contribution in [-0.4, -0.2) is 28.4 Å². The third-order valence-electron chi connectivity index (χ3n) is 2.87. The van der Waals surface area contributed by atoms with Gasteiger partial charge in [-0.2, -0.15) is 0 Å². The third-order valence-corrected chi connectivity index (χ3v) is 3.37. The van der Waals surface area contributed by atoms with E-state index in [4.69, 9.17) is 23.2 Å². The molecule has 0 bridgehead atoms. The molecule has 1 unspecified atom stereocenters. The first-order valence-corrected chi connectivity index (χ1v) is 5.97. The maximum Gasteiger partial charge on any atom is 0.255 e. The van der Waals surface area contributed by atoms with Crippen LogP contribution in [0.3, 0.4) is 0 Å². The Morgan fingerprint density at radius 2 is 2.31 bits per heavy atom. The van der Waals surface area contributed by atoms with Gasteiger partial charge in [0.25, 0.3) is 5.91 Å². The van der Waals surface area contributed by atoms with Crippen molar-refractivity contribution in [2.24, 2.45) is 0 Å². The van der Waals surface area contributed by atoms with Crippen LogP contribution >= 0.6 is 23.2 Å². The van der Waals surface area contributed by atoms with Crippen LogP contribution in [0.2, 0.25) is 10.2 Å². The van der Waals surface area contributed by atoms with E-state index in [1.54, 1.807) is 0 Å². The number of hydrogen-bond donors (Lipinski definition) is 0. The zero-order valence-electron chi connectivity index (χ0n) is 8.91. The number of carbonyl (C=O) groups excluding carboxylic acids is 1. The molecule has 2 heterocycles. The van der Waals surface area contributed by atoms with Gasteiger partial charge in [-0.1, -0.05) is 23.2 Å². The van der Waals surface area contributed by atoms with Crippen LogP contribution in [0.25, 0.3) is 0 Å². The van der Waals surface area contributed by atoms with E-state index in [2.05, 4.69) is 4.98 Å². The van der Waals surface area contributed by atoms with Crippen LogP contribution in [-0.2, 0) is 0 Å². The standard InChI is InChI=1S/C11H12Cl2N2O/c1-7-3-2-4-15(7)11(16)8-5-10(13)14-6-9(8)12/h5-7H,2-4H2,1H3. The fourth-order valence-corrected chi connectivity index (χ4v) is 2.31. The van der Waals surface area contributed by atoms with Crippen molar-refractivity contribution < 1.29 is 4.79 Å². The van der Waals surface area contributed by atoms with Gasteiger partial charge < -0.3 is 4.90 Å². The quantitative estimate of drug-likeness (QED) is 0.726. The minimum Gasteiger partial charge on any atom is -0.336 e. The molecule has 1 aromatic rings. The number of nitrogens with zero attached hydrogens (tertiary/aromatic N) is 2. The molecule has 16 heavy (non-hydrogen) atoms. The van der Waals surface area contributed by atoms with Crippen LogP contribution in [0.5, 0.6) is 0 Å². The minimum absolute atomic E-state index is 0.0562. The Balaban J connectivity index is 2.29. The van der Waals surface area contributed by atoms with Crippen LogP contribution in [0.1, 0.15) is 30.1 Å². The molecule has 0 radical (unpaired) electrons. The predicted octanol–water partition coefficient (Wildman–Crippen LogP) is 3.01. The van der Waals surface area contributed by atoms with Crippen molar-refractivity contribution >= 4 is 29.1 Å². The summed E-state index contributed by atoms with van der Waals surface area (Å²) in [7, 11) is 0. The summed E-state index contributed by atoms with van der Waals surface area (Å²) in [6.07, 6.45) is 3.50. The summed E-state index contributed by atoms with van der Waals surface area (Å²) in [5, 5.41) is 0.646. The summed E-state index contributed by atoms with van der Waals surface area (Å²) in [4.78, 5) is 17.8. The highest BCUT2D eigenvalue weighted by Crippen LogP contribution is 2.24. The average molecular weight is 259 g/mol. The van der Waals surface area contributed by atoms with Crippen LogP contribution in [0, 0.1) is 0 Å². The Labute approximate surface area is 104 Å². The van der Waals surface area contributed by atoms with Gasteiger partial charge in [0, 0.05) is 18.8 Å². The Bertz CT molecular complexity index is 422. The summed E-state index contributed by atoms with van der Waals surface area (Å²) in [6.45, 7) is 2.83. The Kier molecular flexibility index (Phi) is 3.36. The summed E-state index contributed by atoms with van der Waals surface area (Å²) in [5.41, 5.74) is 0.440. The van der Waals surface area contributed by atoms with Gasteiger partial charge >= 0.3 is 0 Å². The monoisotopic (exact) mass is 258 g/mol. The van der Waals surface area contributed by atoms with Crippen molar-refractivity contribution in [3.63, 3.8) is 0 Å². The Morgan fingerprint density at radius 3 is 2.94 bits per heavy atom. The number of hydrogen-bond acceptors (Lipinski definition) is 2. The lowest BCUT2D eigenvalue weighted by Crippen LogP contribution is -2.33. The summed E-state index contributed by atoms with van der Waals surface area (Å²) in [6, 6.07) is 1.80. The molecular formula is C11H12Cl2N2O. The van der Waals surface area contributed by atoms with E-state index in [1.165, 1.54) is 12.3 Å². The first-order chi connectivity index (χ1) is 7.59. The number of halogens is 2. The average Bonchev–Trinajstić information content (AvgIpc) is 2.67. The Morgan fingerprint density at radius 1 is 1.56 bits per heavy atom.